The number of rotatable bonds is 2. The number of carbonyl (C=O) groups is 4. The maximum absolute atomic E-state index is 11.0. The number of hydrogen-bond donors (Lipinski definition) is 0. The van der Waals surface area contributed by atoms with Crippen LogP contribution in [0.25, 0.3) is 0 Å². The van der Waals surface area contributed by atoms with Crippen LogP contribution in [0.5, 0.6) is 0 Å². The lowest BCUT2D eigenvalue weighted by atomic mass is 10.2. The fraction of sp³-hybridized carbons (Fsp3) is 0.500. The van der Waals surface area contributed by atoms with Crippen LogP contribution >= 0.6 is 0 Å². The van der Waals surface area contributed by atoms with Gasteiger partial charge < -0.3 is 14.2 Å². The molecule has 0 spiro atoms. The Bertz CT molecular complexity index is 300. The minimum Gasteiger partial charge on any atom is -0.446 e. The van der Waals surface area contributed by atoms with Crippen molar-refractivity contribution in [2.24, 2.45) is 0 Å². The van der Waals surface area contributed by atoms with E-state index in [9.17, 15) is 19.2 Å². The third-order valence-electron chi connectivity index (χ3n) is 1.53. The van der Waals surface area contributed by atoms with Crippen molar-refractivity contribution in [2.75, 3.05) is 0 Å². The zero-order valence-electron chi connectivity index (χ0n) is 8.01. The lowest BCUT2D eigenvalue weighted by molar-refractivity contribution is -0.167. The summed E-state index contributed by atoms with van der Waals surface area (Å²) >= 11 is 0. The molecular formula is C8H8O7. The minimum atomic E-state index is -1.50. The molecule has 1 aliphatic heterocycles. The van der Waals surface area contributed by atoms with Crippen molar-refractivity contribution in [3.63, 3.8) is 0 Å². The summed E-state index contributed by atoms with van der Waals surface area (Å²) in [6, 6.07) is 0. The maximum atomic E-state index is 11.0. The quantitative estimate of drug-likeness (QED) is 0.329. The molecule has 0 bridgehead atoms. The summed E-state index contributed by atoms with van der Waals surface area (Å²) < 4.78 is 13.1. The summed E-state index contributed by atoms with van der Waals surface area (Å²) in [6.07, 6.45) is -3.00. The molecule has 15 heavy (non-hydrogen) atoms. The molecule has 1 saturated heterocycles. The van der Waals surface area contributed by atoms with Crippen molar-refractivity contribution in [3.05, 3.63) is 0 Å². The number of cyclic esters (lactones) is 2. The van der Waals surface area contributed by atoms with E-state index >= 15 is 0 Å². The first-order valence-corrected chi connectivity index (χ1v) is 4.02. The van der Waals surface area contributed by atoms with Crippen molar-refractivity contribution >= 4 is 23.9 Å². The van der Waals surface area contributed by atoms with Gasteiger partial charge in [0.05, 0.1) is 0 Å². The van der Waals surface area contributed by atoms with E-state index in [2.05, 4.69) is 14.2 Å². The highest BCUT2D eigenvalue weighted by atomic mass is 16.7. The summed E-state index contributed by atoms with van der Waals surface area (Å²) in [4.78, 5) is 43.2. The summed E-state index contributed by atoms with van der Waals surface area (Å²) in [6.45, 7) is 2.11. The topological polar surface area (TPSA) is 96.0 Å². The highest BCUT2D eigenvalue weighted by molar-refractivity contribution is 6.01. The van der Waals surface area contributed by atoms with E-state index in [4.69, 9.17) is 0 Å². The van der Waals surface area contributed by atoms with Crippen LogP contribution in [0.15, 0.2) is 0 Å². The Labute approximate surface area is 84.3 Å². The van der Waals surface area contributed by atoms with E-state index in [-0.39, 0.29) is 0 Å². The third-order valence-corrected chi connectivity index (χ3v) is 1.53. The zero-order valence-corrected chi connectivity index (χ0v) is 8.01. The largest absolute Gasteiger partial charge is 0.446 e. The van der Waals surface area contributed by atoms with Gasteiger partial charge in [0, 0.05) is 13.8 Å². The van der Waals surface area contributed by atoms with Gasteiger partial charge in [-0.15, -0.1) is 0 Å². The molecule has 1 fully saturated rings. The van der Waals surface area contributed by atoms with Crippen LogP contribution in [0.1, 0.15) is 13.8 Å². The van der Waals surface area contributed by atoms with E-state index in [1.54, 1.807) is 0 Å². The Morgan fingerprint density at radius 1 is 1.00 bits per heavy atom. The molecule has 0 saturated carbocycles. The SMILES string of the molecule is CC(=O)O[C@@H]1C(=O)OC(=O)[C@@H]1OC(C)=O. The van der Waals surface area contributed by atoms with Crippen LogP contribution < -0.4 is 0 Å². The van der Waals surface area contributed by atoms with E-state index in [0.29, 0.717) is 0 Å². The van der Waals surface area contributed by atoms with Gasteiger partial charge in [0.15, 0.2) is 0 Å². The van der Waals surface area contributed by atoms with E-state index in [1.807, 2.05) is 0 Å². The lowest BCUT2D eigenvalue weighted by Gasteiger charge is -2.12. The van der Waals surface area contributed by atoms with Crippen LogP contribution in [-0.2, 0) is 33.4 Å². The van der Waals surface area contributed by atoms with Crippen molar-refractivity contribution in [1.82, 2.24) is 0 Å². The molecule has 7 nitrogen and oxygen atoms in total. The van der Waals surface area contributed by atoms with E-state index in [0.717, 1.165) is 13.8 Å². The van der Waals surface area contributed by atoms with Gasteiger partial charge in [0.25, 0.3) is 0 Å². The average molecular weight is 216 g/mol. The first-order valence-electron chi connectivity index (χ1n) is 4.02. The van der Waals surface area contributed by atoms with Crippen molar-refractivity contribution in [3.8, 4) is 0 Å². The Morgan fingerprint density at radius 2 is 1.33 bits per heavy atom. The van der Waals surface area contributed by atoms with Gasteiger partial charge in [0.2, 0.25) is 12.2 Å². The molecule has 0 radical (unpaired) electrons. The second kappa shape index (κ2) is 4.07. The predicted molar refractivity (Wildman–Crippen MR) is 42.2 cm³/mol. The molecule has 1 aliphatic rings. The Balaban J connectivity index is 2.79. The summed E-state index contributed by atoms with van der Waals surface area (Å²) in [5.74, 6) is -3.63. The van der Waals surface area contributed by atoms with Gasteiger partial charge in [-0.2, -0.15) is 0 Å². The molecule has 0 aliphatic carbocycles. The predicted octanol–water partition coefficient (Wildman–Crippen LogP) is -1.07. The Morgan fingerprint density at radius 3 is 1.60 bits per heavy atom. The molecule has 7 heteroatoms. The van der Waals surface area contributed by atoms with Gasteiger partial charge in [-0.05, 0) is 0 Å². The highest BCUT2D eigenvalue weighted by Gasteiger charge is 2.49. The second-order valence-electron chi connectivity index (χ2n) is 2.80. The van der Waals surface area contributed by atoms with Gasteiger partial charge in [-0.3, -0.25) is 9.59 Å². The zero-order chi connectivity index (χ0) is 11.6. The van der Waals surface area contributed by atoms with E-state index < -0.39 is 36.1 Å². The summed E-state index contributed by atoms with van der Waals surface area (Å²) in [7, 11) is 0. The molecule has 2 atom stereocenters. The standard InChI is InChI=1S/C8H8O7/c1-3(9)13-5-6(14-4(2)10)8(12)15-7(5)11/h5-6H,1-2H3/t5-,6+. The normalized spacial score (nSPS) is 24.7. The van der Waals surface area contributed by atoms with Crippen LogP contribution in [0.4, 0.5) is 0 Å². The minimum absolute atomic E-state index is 0.774. The molecule has 0 aromatic heterocycles. The summed E-state index contributed by atoms with van der Waals surface area (Å²) in [5.41, 5.74) is 0. The highest BCUT2D eigenvalue weighted by Crippen LogP contribution is 2.17. The van der Waals surface area contributed by atoms with Gasteiger partial charge >= 0.3 is 23.9 Å². The van der Waals surface area contributed by atoms with Gasteiger partial charge in [0.1, 0.15) is 0 Å². The summed E-state index contributed by atoms with van der Waals surface area (Å²) in [5, 5.41) is 0. The molecule has 0 aromatic carbocycles. The Kier molecular flexibility index (Phi) is 3.03. The third kappa shape index (κ3) is 2.52. The fourth-order valence-corrected chi connectivity index (χ4v) is 1.04. The number of carbonyl (C=O) groups excluding carboxylic acids is 4. The monoisotopic (exact) mass is 216 g/mol. The number of ether oxygens (including phenoxy) is 3. The lowest BCUT2D eigenvalue weighted by Crippen LogP contribution is -2.36. The van der Waals surface area contributed by atoms with Crippen LogP contribution in [0.3, 0.4) is 0 Å². The Hall–Kier alpha value is -1.92. The number of hydrogen-bond acceptors (Lipinski definition) is 7. The fourth-order valence-electron chi connectivity index (χ4n) is 1.04. The molecule has 0 unspecified atom stereocenters. The van der Waals surface area contributed by atoms with Crippen LogP contribution in [0.2, 0.25) is 0 Å². The molecular weight excluding hydrogens is 208 g/mol. The molecule has 0 aromatic rings. The van der Waals surface area contributed by atoms with Crippen molar-refractivity contribution in [2.45, 2.75) is 26.1 Å². The van der Waals surface area contributed by atoms with Crippen LogP contribution in [0, 0.1) is 0 Å². The molecule has 0 amide bonds. The number of esters is 4. The average Bonchev–Trinajstić information content (AvgIpc) is 2.30. The maximum Gasteiger partial charge on any atom is 0.359 e. The smallest absolute Gasteiger partial charge is 0.359 e. The molecule has 1 rings (SSSR count). The first kappa shape index (κ1) is 11.2. The second-order valence-corrected chi connectivity index (χ2v) is 2.80. The van der Waals surface area contributed by atoms with Crippen LogP contribution in [-0.4, -0.2) is 36.1 Å². The van der Waals surface area contributed by atoms with Crippen molar-refractivity contribution in [1.29, 1.82) is 0 Å². The molecule has 0 N–H and O–H groups in total. The molecule has 82 valence electrons. The van der Waals surface area contributed by atoms with E-state index in [1.165, 1.54) is 0 Å². The van der Waals surface area contributed by atoms with Crippen molar-refractivity contribution < 1.29 is 33.4 Å². The van der Waals surface area contributed by atoms with Gasteiger partial charge in [-0.1, -0.05) is 0 Å². The molecule has 1 heterocycles. The first-order chi connectivity index (χ1) is 6.91. The van der Waals surface area contributed by atoms with Gasteiger partial charge in [-0.25, -0.2) is 9.59 Å².